The summed E-state index contributed by atoms with van der Waals surface area (Å²) in [5.41, 5.74) is 0. The Morgan fingerprint density at radius 3 is 2.79 bits per heavy atom. The summed E-state index contributed by atoms with van der Waals surface area (Å²) in [4.78, 5) is 25.2. The van der Waals surface area contributed by atoms with E-state index in [0.29, 0.717) is 19.3 Å². The fourth-order valence-electron chi connectivity index (χ4n) is 3.25. The molecule has 1 fully saturated rings. The summed E-state index contributed by atoms with van der Waals surface area (Å²) in [6, 6.07) is 0.0793. The lowest BCUT2D eigenvalue weighted by Crippen LogP contribution is -2.33. The quantitative estimate of drug-likeness (QED) is 0.237. The standard InChI is InChI=1S/C23H37NO4/c1-4-5-6-9-12-19(2)21(25)16-14-20-15-17-22(26)24(20)18-11-8-7-10-13-23(27)28-3/h14,16,19-21,25H,4-5,7-8,10-13,15,17-18H2,1-3H3/t19-,20-,21+/m0/s1. The summed E-state index contributed by atoms with van der Waals surface area (Å²) in [5.74, 6) is 6.36. The highest BCUT2D eigenvalue weighted by atomic mass is 16.5. The molecule has 158 valence electrons. The summed E-state index contributed by atoms with van der Waals surface area (Å²) >= 11 is 0. The van der Waals surface area contributed by atoms with Gasteiger partial charge in [0.1, 0.15) is 0 Å². The van der Waals surface area contributed by atoms with Gasteiger partial charge in [-0.2, -0.15) is 0 Å². The zero-order valence-corrected chi connectivity index (χ0v) is 17.8. The average molecular weight is 392 g/mol. The highest BCUT2D eigenvalue weighted by molar-refractivity contribution is 5.79. The molecule has 0 spiro atoms. The van der Waals surface area contributed by atoms with Crippen LogP contribution in [0, 0.1) is 17.8 Å². The number of esters is 1. The number of rotatable bonds is 12. The molecular weight excluding hydrogens is 354 g/mol. The van der Waals surface area contributed by atoms with Crippen LogP contribution in [0.4, 0.5) is 0 Å². The lowest BCUT2D eigenvalue weighted by molar-refractivity contribution is -0.140. The second kappa shape index (κ2) is 14.2. The first-order chi connectivity index (χ1) is 13.5. The Bertz CT molecular complexity index is 561. The number of carbonyl (C=O) groups excluding carboxylic acids is 2. The van der Waals surface area contributed by atoms with Gasteiger partial charge in [0.05, 0.1) is 19.3 Å². The summed E-state index contributed by atoms with van der Waals surface area (Å²) in [6.07, 6.45) is 11.5. The van der Waals surface area contributed by atoms with Crippen LogP contribution in [0.25, 0.3) is 0 Å². The van der Waals surface area contributed by atoms with Crippen molar-refractivity contribution in [2.45, 2.75) is 90.2 Å². The molecule has 0 bridgehead atoms. The molecule has 0 aromatic carbocycles. The highest BCUT2D eigenvalue weighted by Crippen LogP contribution is 2.22. The van der Waals surface area contributed by atoms with Crippen molar-refractivity contribution in [2.24, 2.45) is 5.92 Å². The number of hydrogen-bond donors (Lipinski definition) is 1. The van der Waals surface area contributed by atoms with Crippen LogP contribution in [0.1, 0.15) is 78.1 Å². The molecule has 5 heteroatoms. The second-order valence-corrected chi connectivity index (χ2v) is 7.59. The number of methoxy groups -OCH3 is 1. The van der Waals surface area contributed by atoms with E-state index in [9.17, 15) is 14.7 Å². The van der Waals surface area contributed by atoms with Crippen LogP contribution in [-0.2, 0) is 14.3 Å². The van der Waals surface area contributed by atoms with E-state index in [4.69, 9.17) is 0 Å². The minimum Gasteiger partial charge on any atom is -0.469 e. The third-order valence-electron chi connectivity index (χ3n) is 5.17. The van der Waals surface area contributed by atoms with Gasteiger partial charge in [-0.05, 0) is 31.6 Å². The van der Waals surface area contributed by atoms with Gasteiger partial charge in [0.2, 0.25) is 5.91 Å². The zero-order chi connectivity index (χ0) is 20.8. The predicted molar refractivity (Wildman–Crippen MR) is 111 cm³/mol. The molecule has 0 unspecified atom stereocenters. The van der Waals surface area contributed by atoms with Crippen molar-refractivity contribution in [2.75, 3.05) is 13.7 Å². The van der Waals surface area contributed by atoms with Gasteiger partial charge in [-0.25, -0.2) is 0 Å². The number of aliphatic hydroxyl groups excluding tert-OH is 1. The molecule has 0 aliphatic carbocycles. The Morgan fingerprint density at radius 2 is 2.07 bits per heavy atom. The third kappa shape index (κ3) is 9.41. The SMILES string of the molecule is CCCC#CC[C@H](C)[C@H](O)C=C[C@H]1CCC(=O)N1CCCCCCC(=O)OC. The lowest BCUT2D eigenvalue weighted by atomic mass is 9.99. The number of aliphatic hydroxyl groups is 1. The first-order valence-electron chi connectivity index (χ1n) is 10.7. The summed E-state index contributed by atoms with van der Waals surface area (Å²) in [7, 11) is 1.41. The molecule has 0 saturated carbocycles. The van der Waals surface area contributed by atoms with Gasteiger partial charge in [-0.15, -0.1) is 11.8 Å². The Labute approximate surface area is 170 Å². The highest BCUT2D eigenvalue weighted by Gasteiger charge is 2.28. The molecule has 1 amide bonds. The normalized spacial score (nSPS) is 18.8. The van der Waals surface area contributed by atoms with Crippen molar-refractivity contribution in [3.8, 4) is 11.8 Å². The van der Waals surface area contributed by atoms with Crippen molar-refractivity contribution in [1.29, 1.82) is 0 Å². The number of likely N-dealkylation sites (tertiary alicyclic amines) is 1. The van der Waals surface area contributed by atoms with E-state index >= 15 is 0 Å². The fourth-order valence-corrected chi connectivity index (χ4v) is 3.25. The van der Waals surface area contributed by atoms with E-state index in [1.54, 1.807) is 0 Å². The average Bonchev–Trinajstić information content (AvgIpc) is 3.05. The Balaban J connectivity index is 2.36. The third-order valence-corrected chi connectivity index (χ3v) is 5.17. The number of carbonyl (C=O) groups is 2. The number of ether oxygens (including phenoxy) is 1. The number of nitrogens with zero attached hydrogens (tertiary/aromatic N) is 1. The maximum Gasteiger partial charge on any atom is 0.305 e. The van der Waals surface area contributed by atoms with Crippen LogP contribution in [0.2, 0.25) is 0 Å². The molecule has 1 heterocycles. The molecule has 1 rings (SSSR count). The van der Waals surface area contributed by atoms with Crippen LogP contribution in [0.3, 0.4) is 0 Å². The van der Waals surface area contributed by atoms with E-state index in [0.717, 1.165) is 51.5 Å². The fraction of sp³-hybridized carbons (Fsp3) is 0.739. The Hall–Kier alpha value is -1.80. The van der Waals surface area contributed by atoms with Crippen molar-refractivity contribution in [3.63, 3.8) is 0 Å². The lowest BCUT2D eigenvalue weighted by Gasteiger charge is -2.23. The summed E-state index contributed by atoms with van der Waals surface area (Å²) < 4.78 is 4.63. The molecular formula is C23H37NO4. The van der Waals surface area contributed by atoms with Gasteiger partial charge in [0.25, 0.3) is 0 Å². The van der Waals surface area contributed by atoms with Gasteiger partial charge in [-0.3, -0.25) is 9.59 Å². The number of amides is 1. The van der Waals surface area contributed by atoms with Crippen LogP contribution < -0.4 is 0 Å². The predicted octanol–water partition coefficient (Wildman–Crippen LogP) is 3.85. The maximum atomic E-state index is 12.2. The number of unbranched alkanes of at least 4 members (excludes halogenated alkanes) is 4. The summed E-state index contributed by atoms with van der Waals surface area (Å²) in [5, 5.41) is 10.3. The molecule has 0 aromatic heterocycles. The van der Waals surface area contributed by atoms with E-state index < -0.39 is 6.10 Å². The second-order valence-electron chi connectivity index (χ2n) is 7.59. The summed E-state index contributed by atoms with van der Waals surface area (Å²) in [6.45, 7) is 4.84. The topological polar surface area (TPSA) is 66.8 Å². The minimum atomic E-state index is -0.535. The van der Waals surface area contributed by atoms with E-state index in [1.165, 1.54) is 7.11 Å². The number of hydrogen-bond acceptors (Lipinski definition) is 4. The maximum absolute atomic E-state index is 12.2. The molecule has 1 N–H and O–H groups in total. The molecule has 1 aliphatic heterocycles. The zero-order valence-electron chi connectivity index (χ0n) is 17.8. The van der Waals surface area contributed by atoms with Crippen molar-refractivity contribution in [3.05, 3.63) is 12.2 Å². The van der Waals surface area contributed by atoms with Crippen molar-refractivity contribution >= 4 is 11.9 Å². The molecule has 1 saturated heterocycles. The monoisotopic (exact) mass is 391 g/mol. The molecule has 0 radical (unpaired) electrons. The van der Waals surface area contributed by atoms with Crippen LogP contribution >= 0.6 is 0 Å². The first-order valence-corrected chi connectivity index (χ1v) is 10.7. The molecule has 1 aliphatic rings. The molecule has 5 nitrogen and oxygen atoms in total. The smallest absolute Gasteiger partial charge is 0.305 e. The largest absolute Gasteiger partial charge is 0.469 e. The van der Waals surface area contributed by atoms with Gasteiger partial charge in [0, 0.05) is 32.2 Å². The minimum absolute atomic E-state index is 0.0793. The van der Waals surface area contributed by atoms with Crippen LogP contribution in [-0.4, -0.2) is 47.7 Å². The van der Waals surface area contributed by atoms with Crippen LogP contribution in [0.5, 0.6) is 0 Å². The van der Waals surface area contributed by atoms with Crippen molar-refractivity contribution < 1.29 is 19.4 Å². The molecule has 0 aromatic rings. The molecule has 28 heavy (non-hydrogen) atoms. The Kier molecular flexibility index (Phi) is 12.3. The van der Waals surface area contributed by atoms with E-state index in [2.05, 4.69) is 23.5 Å². The molecule has 3 atom stereocenters. The van der Waals surface area contributed by atoms with E-state index in [-0.39, 0.29) is 23.8 Å². The van der Waals surface area contributed by atoms with Gasteiger partial charge < -0.3 is 14.7 Å². The van der Waals surface area contributed by atoms with Crippen LogP contribution in [0.15, 0.2) is 12.2 Å². The van der Waals surface area contributed by atoms with Gasteiger partial charge in [0.15, 0.2) is 0 Å². The van der Waals surface area contributed by atoms with Crippen molar-refractivity contribution in [1.82, 2.24) is 4.90 Å². The van der Waals surface area contributed by atoms with E-state index in [1.807, 2.05) is 24.0 Å². The van der Waals surface area contributed by atoms with Gasteiger partial charge >= 0.3 is 5.97 Å². The Morgan fingerprint density at radius 1 is 1.32 bits per heavy atom. The van der Waals surface area contributed by atoms with Gasteiger partial charge in [-0.1, -0.05) is 38.8 Å². The first kappa shape index (κ1) is 24.2.